The third-order valence-electron chi connectivity index (χ3n) is 7.49. The van der Waals surface area contributed by atoms with E-state index >= 15 is 0 Å². The van der Waals surface area contributed by atoms with Crippen LogP contribution in [0.5, 0.6) is 0 Å². The fourth-order valence-electron chi connectivity index (χ4n) is 5.37. The first-order valence-electron chi connectivity index (χ1n) is 14.0. The van der Waals surface area contributed by atoms with Gasteiger partial charge in [-0.05, 0) is 74.2 Å². The zero-order valence-electron chi connectivity index (χ0n) is 23.0. The highest BCUT2D eigenvalue weighted by atomic mass is 19.4. The molecule has 0 unspecified atom stereocenters. The van der Waals surface area contributed by atoms with Gasteiger partial charge in [0, 0.05) is 22.9 Å². The SMILES string of the molecule is NCCCc1ccc(NC(=O)N(c2nc(-c3cccc(C(F)(F)F)c3)ccc2N)C2CCCCC2)cc1-c1cnco1. The smallest absolute Gasteiger partial charge is 0.416 e. The minimum Gasteiger partial charge on any atom is -0.444 e. The molecule has 5 N–H and O–H groups in total. The van der Waals surface area contributed by atoms with E-state index in [0.29, 0.717) is 18.0 Å². The van der Waals surface area contributed by atoms with E-state index in [1.807, 2.05) is 18.2 Å². The number of carbonyl (C=O) groups excluding carboxylic acids is 1. The summed E-state index contributed by atoms with van der Waals surface area (Å²) >= 11 is 0. The van der Waals surface area contributed by atoms with E-state index in [-0.39, 0.29) is 28.8 Å². The highest BCUT2D eigenvalue weighted by molar-refractivity contribution is 6.03. The molecule has 0 radical (unpaired) electrons. The van der Waals surface area contributed by atoms with Gasteiger partial charge in [0.05, 0.1) is 23.1 Å². The number of nitrogens with zero attached hydrogens (tertiary/aromatic N) is 3. The number of halogens is 3. The average Bonchev–Trinajstić information content (AvgIpc) is 3.53. The van der Waals surface area contributed by atoms with Crippen LogP contribution in [-0.4, -0.2) is 28.6 Å². The molecule has 1 aliphatic rings. The molecule has 0 aliphatic heterocycles. The van der Waals surface area contributed by atoms with E-state index in [1.165, 1.54) is 12.5 Å². The molecule has 4 aromatic rings. The number of oxazole rings is 1. The van der Waals surface area contributed by atoms with Gasteiger partial charge in [-0.1, -0.05) is 37.5 Å². The number of aromatic nitrogens is 2. The number of hydrogen-bond acceptors (Lipinski definition) is 6. The predicted octanol–water partition coefficient (Wildman–Crippen LogP) is 7.27. The maximum Gasteiger partial charge on any atom is 0.416 e. The summed E-state index contributed by atoms with van der Waals surface area (Å²) < 4.78 is 45.7. The lowest BCUT2D eigenvalue weighted by Crippen LogP contribution is -2.45. The van der Waals surface area contributed by atoms with Crippen LogP contribution in [0.2, 0.25) is 0 Å². The van der Waals surface area contributed by atoms with Gasteiger partial charge >= 0.3 is 12.2 Å². The van der Waals surface area contributed by atoms with Gasteiger partial charge in [0.2, 0.25) is 0 Å². The Labute approximate surface area is 241 Å². The molecule has 8 nitrogen and oxygen atoms in total. The van der Waals surface area contributed by atoms with Crippen LogP contribution in [0.15, 0.2) is 71.6 Å². The fourth-order valence-corrected chi connectivity index (χ4v) is 5.37. The number of nitrogens with one attached hydrogen (secondary N) is 1. The number of pyridine rings is 1. The number of urea groups is 1. The Morgan fingerprint density at radius 3 is 2.60 bits per heavy atom. The number of amides is 2. The first kappa shape index (κ1) is 29.1. The number of alkyl halides is 3. The summed E-state index contributed by atoms with van der Waals surface area (Å²) in [5.74, 6) is 0.784. The highest BCUT2D eigenvalue weighted by Gasteiger charge is 2.32. The van der Waals surface area contributed by atoms with Crippen molar-refractivity contribution in [1.29, 1.82) is 0 Å². The number of aryl methyl sites for hydroxylation is 1. The van der Waals surface area contributed by atoms with Gasteiger partial charge in [-0.15, -0.1) is 0 Å². The van der Waals surface area contributed by atoms with Crippen molar-refractivity contribution < 1.29 is 22.4 Å². The highest BCUT2D eigenvalue weighted by Crippen LogP contribution is 2.36. The molecule has 1 saturated carbocycles. The fraction of sp³-hybridized carbons (Fsp3) is 0.323. The predicted molar refractivity (Wildman–Crippen MR) is 157 cm³/mol. The van der Waals surface area contributed by atoms with E-state index < -0.39 is 17.8 Å². The third kappa shape index (κ3) is 6.57. The first-order valence-corrected chi connectivity index (χ1v) is 14.0. The molecule has 2 aromatic carbocycles. The molecule has 1 fully saturated rings. The average molecular weight is 579 g/mol. The summed E-state index contributed by atoms with van der Waals surface area (Å²) in [6.45, 7) is 0.540. The Hall–Kier alpha value is -4.38. The van der Waals surface area contributed by atoms with Gasteiger partial charge < -0.3 is 21.2 Å². The lowest BCUT2D eigenvalue weighted by Gasteiger charge is -2.34. The lowest BCUT2D eigenvalue weighted by atomic mass is 9.94. The van der Waals surface area contributed by atoms with Crippen LogP contribution in [-0.2, 0) is 12.6 Å². The second kappa shape index (κ2) is 12.6. The van der Waals surface area contributed by atoms with Crippen molar-refractivity contribution in [2.24, 2.45) is 5.73 Å². The van der Waals surface area contributed by atoms with Crippen molar-refractivity contribution in [1.82, 2.24) is 9.97 Å². The van der Waals surface area contributed by atoms with Crippen molar-refractivity contribution in [3.8, 4) is 22.6 Å². The van der Waals surface area contributed by atoms with Crippen LogP contribution < -0.4 is 21.7 Å². The van der Waals surface area contributed by atoms with E-state index in [9.17, 15) is 18.0 Å². The zero-order valence-corrected chi connectivity index (χ0v) is 23.0. The van der Waals surface area contributed by atoms with Crippen molar-refractivity contribution in [3.63, 3.8) is 0 Å². The van der Waals surface area contributed by atoms with Gasteiger partial charge in [-0.2, -0.15) is 13.2 Å². The quantitative estimate of drug-likeness (QED) is 0.202. The van der Waals surface area contributed by atoms with E-state index in [0.717, 1.165) is 68.2 Å². The minimum atomic E-state index is -4.49. The van der Waals surface area contributed by atoms with Gasteiger partial charge in [0.1, 0.15) is 0 Å². The van der Waals surface area contributed by atoms with Crippen LogP contribution in [0, 0.1) is 0 Å². The number of benzene rings is 2. The van der Waals surface area contributed by atoms with Crippen molar-refractivity contribution in [3.05, 3.63) is 78.3 Å². The molecule has 11 heteroatoms. The van der Waals surface area contributed by atoms with Crippen molar-refractivity contribution in [2.75, 3.05) is 22.5 Å². The molecule has 0 spiro atoms. The molecule has 5 rings (SSSR count). The van der Waals surface area contributed by atoms with Gasteiger partial charge in [-0.3, -0.25) is 4.90 Å². The normalized spacial score (nSPS) is 14.1. The van der Waals surface area contributed by atoms with Crippen LogP contribution in [0.25, 0.3) is 22.6 Å². The number of anilines is 3. The first-order chi connectivity index (χ1) is 20.2. The second-order valence-electron chi connectivity index (χ2n) is 10.4. The van der Waals surface area contributed by atoms with Crippen LogP contribution >= 0.6 is 0 Å². The van der Waals surface area contributed by atoms with Crippen molar-refractivity contribution >= 4 is 23.2 Å². The maximum atomic E-state index is 14.0. The molecule has 0 saturated heterocycles. The van der Waals surface area contributed by atoms with Crippen LogP contribution in [0.3, 0.4) is 0 Å². The standard InChI is InChI=1S/C31H33F3N6O2/c32-31(33,34)22-8-4-6-21(16-22)27-14-13-26(36)29(39-27)40(24-9-2-1-3-10-24)30(41)38-23-12-11-20(7-5-15-35)25(17-23)28-18-37-19-42-28/h4,6,8,11-14,16-19,24H,1-3,5,7,9-10,15,35-36H2,(H,38,41). The Bertz CT molecular complexity index is 1520. The topological polar surface area (TPSA) is 123 Å². The molecule has 220 valence electrons. The summed E-state index contributed by atoms with van der Waals surface area (Å²) in [4.78, 5) is 24.2. The molecule has 0 bridgehead atoms. The van der Waals surface area contributed by atoms with Gasteiger partial charge in [0.25, 0.3) is 0 Å². The minimum absolute atomic E-state index is 0.178. The van der Waals surface area contributed by atoms with E-state index in [1.54, 1.807) is 29.3 Å². The Morgan fingerprint density at radius 1 is 1.07 bits per heavy atom. The molecule has 2 amide bonds. The molecular weight excluding hydrogens is 545 g/mol. The monoisotopic (exact) mass is 578 g/mol. The summed E-state index contributed by atoms with van der Waals surface area (Å²) in [6, 6.07) is 13.1. The summed E-state index contributed by atoms with van der Waals surface area (Å²) in [5.41, 5.74) is 14.5. The molecule has 1 aliphatic carbocycles. The third-order valence-corrected chi connectivity index (χ3v) is 7.49. The van der Waals surface area contributed by atoms with E-state index in [4.69, 9.17) is 15.9 Å². The lowest BCUT2D eigenvalue weighted by molar-refractivity contribution is -0.137. The Balaban J connectivity index is 1.50. The molecule has 42 heavy (non-hydrogen) atoms. The molecule has 0 atom stereocenters. The molecular formula is C31H33F3N6O2. The summed E-state index contributed by atoms with van der Waals surface area (Å²) in [7, 11) is 0. The van der Waals surface area contributed by atoms with Gasteiger partial charge in [-0.25, -0.2) is 14.8 Å². The second-order valence-corrected chi connectivity index (χ2v) is 10.4. The number of nitrogens with two attached hydrogens (primary N) is 2. The maximum absolute atomic E-state index is 14.0. The van der Waals surface area contributed by atoms with Crippen LogP contribution in [0.4, 0.5) is 35.2 Å². The van der Waals surface area contributed by atoms with Crippen molar-refractivity contribution in [2.45, 2.75) is 57.2 Å². The van der Waals surface area contributed by atoms with Gasteiger partial charge in [0.15, 0.2) is 18.0 Å². The Morgan fingerprint density at radius 2 is 1.88 bits per heavy atom. The molecule has 2 aromatic heterocycles. The number of hydrogen-bond donors (Lipinski definition) is 3. The molecule has 2 heterocycles. The Kier molecular flexibility index (Phi) is 8.77. The number of rotatable bonds is 8. The number of carbonyl (C=O) groups is 1. The zero-order chi connectivity index (χ0) is 29.7. The largest absolute Gasteiger partial charge is 0.444 e. The summed E-state index contributed by atoms with van der Waals surface area (Å²) in [5, 5.41) is 2.99. The number of nitrogen functional groups attached to an aromatic ring is 1. The van der Waals surface area contributed by atoms with E-state index in [2.05, 4.69) is 15.3 Å². The van der Waals surface area contributed by atoms with Crippen LogP contribution in [0.1, 0.15) is 49.7 Å². The summed E-state index contributed by atoms with van der Waals surface area (Å²) in [6.07, 6.45) is 4.44.